The van der Waals surface area contributed by atoms with Crippen LogP contribution in [0.3, 0.4) is 0 Å². The number of aliphatic carboxylic acids is 1. The van der Waals surface area contributed by atoms with Crippen molar-refractivity contribution in [1.82, 2.24) is 5.32 Å². The highest BCUT2D eigenvalue weighted by molar-refractivity contribution is 5.72. The summed E-state index contributed by atoms with van der Waals surface area (Å²) in [6.45, 7) is -0.252. The molecule has 21 heavy (non-hydrogen) atoms. The minimum atomic E-state index is -1.64. The molecular formula is C12H26N2O7. The van der Waals surface area contributed by atoms with E-state index in [1.165, 1.54) is 0 Å². The van der Waals surface area contributed by atoms with Gasteiger partial charge in [-0.1, -0.05) is 6.42 Å². The van der Waals surface area contributed by atoms with Crippen molar-refractivity contribution in [3.8, 4) is 0 Å². The van der Waals surface area contributed by atoms with E-state index in [-0.39, 0.29) is 6.54 Å². The third kappa shape index (κ3) is 8.27. The molecule has 0 amide bonds. The van der Waals surface area contributed by atoms with E-state index in [0.29, 0.717) is 25.8 Å². The molecule has 0 heterocycles. The molecule has 0 unspecified atom stereocenters. The highest BCUT2D eigenvalue weighted by Crippen LogP contribution is 2.04. The molecule has 0 fully saturated rings. The summed E-state index contributed by atoms with van der Waals surface area (Å²) in [6, 6.07) is -0.882. The second-order valence-electron chi connectivity index (χ2n) is 4.94. The van der Waals surface area contributed by atoms with E-state index in [9.17, 15) is 20.1 Å². The molecule has 0 aromatic heterocycles. The summed E-state index contributed by atoms with van der Waals surface area (Å²) in [5.74, 6) is -1.04. The van der Waals surface area contributed by atoms with Gasteiger partial charge in [0.15, 0.2) is 0 Å². The van der Waals surface area contributed by atoms with Crippen LogP contribution in [-0.4, -0.2) is 86.8 Å². The summed E-state index contributed by atoms with van der Waals surface area (Å²) in [7, 11) is 0. The van der Waals surface area contributed by atoms with Crippen LogP contribution in [0.2, 0.25) is 0 Å². The first-order valence-corrected chi connectivity index (χ1v) is 6.83. The zero-order valence-corrected chi connectivity index (χ0v) is 11.8. The number of unbranched alkanes of at least 4 members (excludes halogenated alkanes) is 1. The smallest absolute Gasteiger partial charge is 0.320 e. The topological polar surface area (TPSA) is 176 Å². The average Bonchev–Trinajstić information content (AvgIpc) is 2.47. The van der Waals surface area contributed by atoms with Crippen LogP contribution in [-0.2, 0) is 4.79 Å². The van der Waals surface area contributed by atoms with Gasteiger partial charge in [-0.25, -0.2) is 0 Å². The number of aliphatic hydroxyl groups is 5. The quantitative estimate of drug-likeness (QED) is 0.171. The van der Waals surface area contributed by atoms with Gasteiger partial charge >= 0.3 is 5.97 Å². The number of carboxylic acid groups (broad SMARTS) is 1. The zero-order valence-electron chi connectivity index (χ0n) is 11.8. The van der Waals surface area contributed by atoms with E-state index in [4.69, 9.17) is 21.1 Å². The van der Waals surface area contributed by atoms with Crippen molar-refractivity contribution in [2.45, 2.75) is 49.7 Å². The average molecular weight is 310 g/mol. The molecule has 0 radical (unpaired) electrons. The van der Waals surface area contributed by atoms with Gasteiger partial charge < -0.3 is 41.7 Å². The number of nitrogens with two attached hydrogens (primary N) is 1. The normalized spacial score (nSPS) is 18.8. The number of hydrogen-bond donors (Lipinski definition) is 8. The fourth-order valence-electron chi connectivity index (χ4n) is 1.67. The molecule has 0 saturated carbocycles. The monoisotopic (exact) mass is 310 g/mol. The van der Waals surface area contributed by atoms with Crippen LogP contribution in [0.1, 0.15) is 19.3 Å². The summed E-state index contributed by atoms with van der Waals surface area (Å²) in [4.78, 5) is 10.5. The molecular weight excluding hydrogens is 284 g/mol. The Hall–Kier alpha value is -0.810. The van der Waals surface area contributed by atoms with E-state index in [1.54, 1.807) is 0 Å². The maximum atomic E-state index is 10.5. The Labute approximate surface area is 123 Å². The molecule has 0 spiro atoms. The molecule has 5 atom stereocenters. The molecule has 0 aliphatic rings. The molecule has 0 aliphatic heterocycles. The Bertz CT molecular complexity index is 293. The number of rotatable bonds is 12. The van der Waals surface area contributed by atoms with Gasteiger partial charge in [0, 0.05) is 6.54 Å². The van der Waals surface area contributed by atoms with Gasteiger partial charge in [0.25, 0.3) is 0 Å². The Morgan fingerprint density at radius 1 is 1.05 bits per heavy atom. The Morgan fingerprint density at radius 3 is 2.14 bits per heavy atom. The van der Waals surface area contributed by atoms with E-state index in [2.05, 4.69) is 5.32 Å². The highest BCUT2D eigenvalue weighted by Gasteiger charge is 2.29. The second-order valence-corrected chi connectivity index (χ2v) is 4.94. The summed E-state index contributed by atoms with van der Waals surface area (Å²) in [5, 5.41) is 57.7. The van der Waals surface area contributed by atoms with Crippen molar-refractivity contribution in [3.05, 3.63) is 0 Å². The first-order valence-electron chi connectivity index (χ1n) is 6.83. The van der Waals surface area contributed by atoms with Crippen molar-refractivity contribution in [1.29, 1.82) is 0 Å². The Kier molecular flexibility index (Phi) is 10.4. The predicted octanol–water partition coefficient (Wildman–Crippen LogP) is -3.41. The third-order valence-corrected chi connectivity index (χ3v) is 3.11. The van der Waals surface area contributed by atoms with Crippen molar-refractivity contribution in [2.75, 3.05) is 19.7 Å². The maximum absolute atomic E-state index is 10.5. The lowest BCUT2D eigenvalue weighted by atomic mass is 10.0. The van der Waals surface area contributed by atoms with Gasteiger partial charge in [-0.3, -0.25) is 4.79 Å². The largest absolute Gasteiger partial charge is 0.480 e. The van der Waals surface area contributed by atoms with E-state index in [1.807, 2.05) is 0 Å². The van der Waals surface area contributed by atoms with Crippen LogP contribution in [0.25, 0.3) is 0 Å². The van der Waals surface area contributed by atoms with Gasteiger partial charge in [0.2, 0.25) is 0 Å². The van der Waals surface area contributed by atoms with E-state index >= 15 is 0 Å². The molecule has 9 N–H and O–H groups in total. The van der Waals surface area contributed by atoms with Gasteiger partial charge in [-0.15, -0.1) is 0 Å². The summed E-state index contributed by atoms with van der Waals surface area (Å²) >= 11 is 0. The summed E-state index contributed by atoms with van der Waals surface area (Å²) in [5.41, 5.74) is 5.33. The third-order valence-electron chi connectivity index (χ3n) is 3.11. The van der Waals surface area contributed by atoms with Crippen molar-refractivity contribution in [3.63, 3.8) is 0 Å². The van der Waals surface area contributed by atoms with Crippen LogP contribution >= 0.6 is 0 Å². The van der Waals surface area contributed by atoms with Crippen LogP contribution in [0.5, 0.6) is 0 Å². The molecule has 0 aromatic carbocycles. The first-order chi connectivity index (χ1) is 9.81. The van der Waals surface area contributed by atoms with Crippen LogP contribution in [0, 0.1) is 0 Å². The fraction of sp³-hybridized carbons (Fsp3) is 0.917. The lowest BCUT2D eigenvalue weighted by Crippen LogP contribution is -2.49. The predicted molar refractivity (Wildman–Crippen MR) is 73.4 cm³/mol. The maximum Gasteiger partial charge on any atom is 0.320 e. The number of hydrogen-bond acceptors (Lipinski definition) is 8. The van der Waals surface area contributed by atoms with Crippen molar-refractivity contribution in [2.24, 2.45) is 5.73 Å². The molecule has 9 nitrogen and oxygen atoms in total. The lowest BCUT2D eigenvalue weighted by Gasteiger charge is -2.25. The van der Waals surface area contributed by atoms with Crippen molar-refractivity contribution >= 4 is 5.97 Å². The summed E-state index contributed by atoms with van der Waals surface area (Å²) in [6.07, 6.45) is -4.45. The van der Waals surface area contributed by atoms with Crippen LogP contribution < -0.4 is 11.1 Å². The molecule has 0 rings (SSSR count). The van der Waals surface area contributed by atoms with Crippen LogP contribution in [0.4, 0.5) is 0 Å². The molecule has 0 aliphatic carbocycles. The zero-order chi connectivity index (χ0) is 16.4. The minimum absolute atomic E-state index is 0.0125. The van der Waals surface area contributed by atoms with Gasteiger partial charge in [0.1, 0.15) is 24.4 Å². The first kappa shape index (κ1) is 20.2. The second kappa shape index (κ2) is 10.9. The van der Waals surface area contributed by atoms with Crippen molar-refractivity contribution < 1.29 is 35.4 Å². The van der Waals surface area contributed by atoms with Crippen LogP contribution in [0.15, 0.2) is 0 Å². The minimum Gasteiger partial charge on any atom is -0.480 e. The molecule has 126 valence electrons. The molecule has 0 aromatic rings. The Balaban J connectivity index is 3.74. The summed E-state index contributed by atoms with van der Waals surface area (Å²) < 4.78 is 0. The number of carboxylic acids is 1. The van der Waals surface area contributed by atoms with E-state index in [0.717, 1.165) is 0 Å². The SMILES string of the molecule is N[C@@H](CCCCNC[C@@H](O)[C@@H](O)[C@H](O)[C@H](O)CO)C(=O)O. The number of aliphatic hydroxyl groups excluding tert-OH is 5. The molecule has 0 bridgehead atoms. The molecule has 9 heteroatoms. The fourth-order valence-corrected chi connectivity index (χ4v) is 1.67. The standard InChI is InChI=1S/C12H26N2O7/c13-7(12(20)21)3-1-2-4-14-5-8(16)10(18)11(19)9(17)6-15/h7-11,14-19H,1-6,13H2,(H,20,21)/t7-,8+,9+,10+,11+/m0/s1. The lowest BCUT2D eigenvalue weighted by molar-refractivity contribution is -0.138. The molecule has 0 saturated heterocycles. The number of carbonyl (C=O) groups is 1. The van der Waals surface area contributed by atoms with Gasteiger partial charge in [0.05, 0.1) is 12.7 Å². The Morgan fingerprint density at radius 2 is 1.62 bits per heavy atom. The van der Waals surface area contributed by atoms with Gasteiger partial charge in [-0.05, 0) is 19.4 Å². The number of nitrogens with one attached hydrogen (secondary N) is 1. The van der Waals surface area contributed by atoms with Gasteiger partial charge in [-0.2, -0.15) is 0 Å². The highest BCUT2D eigenvalue weighted by atomic mass is 16.4. The van der Waals surface area contributed by atoms with E-state index < -0.39 is 43.0 Å².